The van der Waals surface area contributed by atoms with E-state index in [1.165, 1.54) is 5.57 Å². The van der Waals surface area contributed by atoms with Gasteiger partial charge in [0.2, 0.25) is 0 Å². The number of hydrogen-bond acceptors (Lipinski definition) is 2. The van der Waals surface area contributed by atoms with Crippen molar-refractivity contribution in [2.24, 2.45) is 17.8 Å². The Balaban J connectivity index is 1.74. The molecule has 1 N–H and O–H groups in total. The normalized spacial score (nSPS) is 26.2. The largest absolute Gasteiger partial charge is 0.322 e. The zero-order chi connectivity index (χ0) is 18.1. The number of fused-ring (bicyclic) bond motifs is 1. The van der Waals surface area contributed by atoms with Gasteiger partial charge in [-0.05, 0) is 68.6 Å². The minimum absolute atomic E-state index is 0.109. The van der Waals surface area contributed by atoms with Crippen LogP contribution in [0.15, 0.2) is 47.6 Å². The third-order valence-electron chi connectivity index (χ3n) is 5.97. The van der Waals surface area contributed by atoms with Gasteiger partial charge in [-0.1, -0.05) is 36.8 Å². The van der Waals surface area contributed by atoms with Gasteiger partial charge in [0, 0.05) is 17.7 Å². The molecule has 25 heavy (non-hydrogen) atoms. The molecule has 2 aliphatic rings. The molecule has 3 heteroatoms. The van der Waals surface area contributed by atoms with Crippen LogP contribution in [-0.2, 0) is 9.59 Å². The molecule has 1 aromatic rings. The second kappa shape index (κ2) is 6.99. The Bertz CT molecular complexity index is 742. The van der Waals surface area contributed by atoms with Crippen molar-refractivity contribution in [2.75, 3.05) is 5.32 Å². The quantitative estimate of drug-likeness (QED) is 0.803. The molecule has 1 aromatic carbocycles. The number of hydrogen-bond donors (Lipinski definition) is 1. The highest BCUT2D eigenvalue weighted by molar-refractivity contribution is 6.04. The van der Waals surface area contributed by atoms with Crippen molar-refractivity contribution in [1.29, 1.82) is 0 Å². The molecule has 132 valence electrons. The molecular formula is C22H27NO2. The van der Waals surface area contributed by atoms with E-state index in [9.17, 15) is 9.59 Å². The molecule has 1 fully saturated rings. The summed E-state index contributed by atoms with van der Waals surface area (Å²) in [6.45, 7) is 10.3. The second-order valence-corrected chi connectivity index (χ2v) is 7.69. The first kappa shape index (κ1) is 17.7. The summed E-state index contributed by atoms with van der Waals surface area (Å²) >= 11 is 0. The molecule has 0 aliphatic heterocycles. The number of benzene rings is 1. The van der Waals surface area contributed by atoms with Gasteiger partial charge in [0.15, 0.2) is 5.78 Å². The number of Topliss-reactive ketones (excluding diaryl/α,β-unsaturated/α-hetero) is 1. The minimum atomic E-state index is -0.109. The van der Waals surface area contributed by atoms with E-state index in [1.807, 2.05) is 38.1 Å². The van der Waals surface area contributed by atoms with Crippen molar-refractivity contribution in [3.8, 4) is 0 Å². The van der Waals surface area contributed by atoms with E-state index in [-0.39, 0.29) is 17.6 Å². The number of ketones is 1. The monoisotopic (exact) mass is 337 g/mol. The van der Waals surface area contributed by atoms with Crippen LogP contribution >= 0.6 is 0 Å². The highest BCUT2D eigenvalue weighted by atomic mass is 16.1. The zero-order valence-corrected chi connectivity index (χ0v) is 15.4. The fraction of sp³-hybridized carbons (Fsp3) is 0.455. The van der Waals surface area contributed by atoms with Crippen LogP contribution < -0.4 is 5.32 Å². The van der Waals surface area contributed by atoms with Gasteiger partial charge < -0.3 is 5.32 Å². The summed E-state index contributed by atoms with van der Waals surface area (Å²) in [5.74, 6) is 1.15. The van der Waals surface area contributed by atoms with E-state index in [0.29, 0.717) is 23.8 Å². The Hall–Kier alpha value is -2.16. The molecule has 3 atom stereocenters. The van der Waals surface area contributed by atoms with Crippen LogP contribution in [0.4, 0.5) is 5.69 Å². The van der Waals surface area contributed by atoms with Crippen LogP contribution in [0.3, 0.4) is 0 Å². The van der Waals surface area contributed by atoms with Gasteiger partial charge in [0.25, 0.3) is 5.91 Å². The average Bonchev–Trinajstić information content (AvgIpc) is 2.77. The first-order valence-electron chi connectivity index (χ1n) is 9.16. The molecular weight excluding hydrogens is 310 g/mol. The van der Waals surface area contributed by atoms with Crippen molar-refractivity contribution < 1.29 is 9.59 Å². The molecule has 1 amide bonds. The van der Waals surface area contributed by atoms with Crippen molar-refractivity contribution in [2.45, 2.75) is 46.5 Å². The van der Waals surface area contributed by atoms with E-state index in [4.69, 9.17) is 0 Å². The molecule has 1 saturated carbocycles. The summed E-state index contributed by atoms with van der Waals surface area (Å²) in [6.07, 6.45) is 3.45. The fourth-order valence-electron chi connectivity index (χ4n) is 4.15. The number of rotatable bonds is 3. The molecule has 2 aliphatic carbocycles. The molecule has 0 radical (unpaired) electrons. The van der Waals surface area contributed by atoms with Crippen LogP contribution in [0.25, 0.3) is 0 Å². The molecule has 3 rings (SSSR count). The minimum Gasteiger partial charge on any atom is -0.322 e. The summed E-state index contributed by atoms with van der Waals surface area (Å²) in [7, 11) is 0. The Morgan fingerprint density at radius 1 is 1.12 bits per heavy atom. The van der Waals surface area contributed by atoms with Gasteiger partial charge >= 0.3 is 0 Å². The van der Waals surface area contributed by atoms with E-state index in [0.717, 1.165) is 36.1 Å². The first-order chi connectivity index (χ1) is 11.9. The highest BCUT2D eigenvalue weighted by Gasteiger charge is 2.37. The topological polar surface area (TPSA) is 46.2 Å². The number of allylic oxidation sites excluding steroid dienone is 2. The molecule has 0 heterocycles. The maximum absolute atomic E-state index is 12.6. The SMILES string of the molecule is C=C(C(=O)Nc1ccc(C)cc1)[C@H]1CCC(C)C2CC(=O)C(C)=C2C1. The van der Waals surface area contributed by atoms with Gasteiger partial charge in [0.05, 0.1) is 0 Å². The van der Waals surface area contributed by atoms with Crippen LogP contribution in [0.2, 0.25) is 0 Å². The van der Waals surface area contributed by atoms with E-state index < -0.39 is 0 Å². The third kappa shape index (κ3) is 3.60. The van der Waals surface area contributed by atoms with Crippen LogP contribution in [0.5, 0.6) is 0 Å². The molecule has 0 aromatic heterocycles. The number of nitrogens with one attached hydrogen (secondary N) is 1. The smallest absolute Gasteiger partial charge is 0.251 e. The summed E-state index contributed by atoms with van der Waals surface area (Å²) < 4.78 is 0. The van der Waals surface area contributed by atoms with Gasteiger partial charge in [-0.2, -0.15) is 0 Å². The van der Waals surface area contributed by atoms with Crippen molar-refractivity contribution in [3.63, 3.8) is 0 Å². The molecule has 0 saturated heterocycles. The van der Waals surface area contributed by atoms with Crippen molar-refractivity contribution >= 4 is 17.4 Å². The number of carbonyl (C=O) groups is 2. The summed E-state index contributed by atoms with van der Waals surface area (Å²) in [4.78, 5) is 24.8. The van der Waals surface area contributed by atoms with Crippen LogP contribution in [-0.4, -0.2) is 11.7 Å². The summed E-state index contributed by atoms with van der Waals surface area (Å²) in [6, 6.07) is 7.78. The van der Waals surface area contributed by atoms with Gasteiger partial charge in [-0.25, -0.2) is 0 Å². The van der Waals surface area contributed by atoms with Crippen LogP contribution in [0, 0.1) is 24.7 Å². The lowest BCUT2D eigenvalue weighted by Crippen LogP contribution is -2.20. The predicted molar refractivity (Wildman–Crippen MR) is 101 cm³/mol. The van der Waals surface area contributed by atoms with Gasteiger partial charge in [-0.3, -0.25) is 9.59 Å². The zero-order valence-electron chi connectivity index (χ0n) is 15.4. The maximum atomic E-state index is 12.6. The average molecular weight is 337 g/mol. The number of carbonyl (C=O) groups excluding carboxylic acids is 2. The predicted octanol–water partition coefficient (Wildman–Crippen LogP) is 4.83. The summed E-state index contributed by atoms with van der Waals surface area (Å²) in [5, 5.41) is 2.96. The van der Waals surface area contributed by atoms with E-state index in [1.54, 1.807) is 0 Å². The standard InChI is InChI=1S/C22H27NO2/c1-13-5-9-18(10-6-13)23-22(25)15(3)17-8-7-14(2)19-12-21(24)16(4)20(19)11-17/h5-6,9-10,14,17,19H,3,7-8,11-12H2,1-2,4H3,(H,23,25)/t14?,17-,19?/m0/s1. The number of aryl methyl sites for hydroxylation is 1. The van der Waals surface area contributed by atoms with Gasteiger partial charge in [-0.15, -0.1) is 0 Å². The summed E-state index contributed by atoms with van der Waals surface area (Å²) in [5.41, 5.74) is 4.78. The van der Waals surface area contributed by atoms with Crippen molar-refractivity contribution in [3.05, 3.63) is 53.1 Å². The Kier molecular flexibility index (Phi) is 4.94. The number of amides is 1. The lowest BCUT2D eigenvalue weighted by Gasteiger charge is -2.19. The molecule has 0 bridgehead atoms. The lowest BCUT2D eigenvalue weighted by atomic mass is 9.86. The highest BCUT2D eigenvalue weighted by Crippen LogP contribution is 2.45. The van der Waals surface area contributed by atoms with Crippen molar-refractivity contribution in [1.82, 2.24) is 0 Å². The first-order valence-corrected chi connectivity index (χ1v) is 9.16. The molecule has 0 spiro atoms. The molecule has 2 unspecified atom stereocenters. The van der Waals surface area contributed by atoms with E-state index >= 15 is 0 Å². The number of anilines is 1. The fourth-order valence-corrected chi connectivity index (χ4v) is 4.15. The lowest BCUT2D eigenvalue weighted by molar-refractivity contribution is -0.115. The van der Waals surface area contributed by atoms with E-state index in [2.05, 4.69) is 18.8 Å². The molecule has 3 nitrogen and oxygen atoms in total. The van der Waals surface area contributed by atoms with Gasteiger partial charge in [0.1, 0.15) is 0 Å². The maximum Gasteiger partial charge on any atom is 0.251 e. The Morgan fingerprint density at radius 3 is 2.48 bits per heavy atom. The third-order valence-corrected chi connectivity index (χ3v) is 5.97. The second-order valence-electron chi connectivity index (χ2n) is 7.69. The Morgan fingerprint density at radius 2 is 1.80 bits per heavy atom. The van der Waals surface area contributed by atoms with Crippen LogP contribution in [0.1, 0.15) is 45.1 Å². The Labute approximate surface area is 150 Å².